The quantitative estimate of drug-likeness (QED) is 0.0712. The van der Waals surface area contributed by atoms with Crippen molar-refractivity contribution in [2.75, 3.05) is 0 Å². The molecule has 634 valence electrons. The summed E-state index contributed by atoms with van der Waals surface area (Å²) in [6, 6.07) is 87.6. The Labute approximate surface area is 736 Å². The van der Waals surface area contributed by atoms with Gasteiger partial charge in [0.1, 0.15) is 20.9 Å². The zero-order valence-corrected chi connectivity index (χ0v) is 78.2. The van der Waals surface area contributed by atoms with Gasteiger partial charge in [-0.1, -0.05) is 326 Å². The topological polar surface area (TPSA) is 86.8 Å². The third-order valence-electron chi connectivity index (χ3n) is 22.3. The smallest absolute Gasteiger partial charge is 0.205 e. The number of nitrogens with zero attached hydrogens (tertiary/aromatic N) is 12. The van der Waals surface area contributed by atoms with Gasteiger partial charge < -0.3 is 29.7 Å². The highest BCUT2D eigenvalue weighted by Gasteiger charge is 2.33. The van der Waals surface area contributed by atoms with E-state index in [2.05, 4.69) is 402 Å². The van der Waals surface area contributed by atoms with Gasteiger partial charge in [0.05, 0.1) is 0 Å². The standard InChI is InChI=1S/C32H40N3.C29H34N3.C26H28N3.C20H16N3.4CH3/c1-21(2)26-16-12-17-27(22(3)4)31(26)34-20-30(25-14-10-9-11-15-25)35(33-34)32-28(23(5)6)18-13-19-29(32)24(7)8;1-17-10-20(4)27(21(5)11-17)26-16-31(28-22(6)12-18(2)13-23(28)7)30-32(26)29-24(8)14-19(3)15-25(29)9;1-17-12-19(3)25(20(4)13-17)28-16-24(23-10-8-7-9-11-23)29(27-28)26-21(5)14-18(2)15-22(26)6;1-4-10-17(11-5-1)20-16-22(18-12-6-2-7-13-18)21-23(20)19-14-8-3-9-15-19;;;;/h9-24H,1-8H3;10-16H,1-9H3;7-16H,1-6H3;1-16H;4*1H3/q4*+1;4*-1. The van der Waals surface area contributed by atoms with Crippen LogP contribution in [0.4, 0.5) is 0 Å². The molecule has 4 heterocycles. The molecule has 16 rings (SSSR count). The monoisotopic (exact) mass is 1630 g/mol. The SMILES string of the molecule is CC(C)c1cccc(C(C)C)c1-n1n[n+](-c2c(C(C)C)cccc2C(C)C)cc1-c1ccccc1.Cc1cc(C)c(-c2c[n+](-c3c(C)cc(C)cc3C)nn2-c2c(C)cc(C)cc2C)c(C)c1.Cc1cc(C)c(-n2n[n+](-c3c(C)cc(C)cc3C)cc2-c2ccccc2)c(C)c1.[CH3-].[CH3-].[CH3-].[CH3-].c1ccc(-c2c[n+](-c3ccccc3)nn2-c2ccccc2)cc1. The van der Waals surface area contributed by atoms with Crippen LogP contribution in [0.15, 0.2) is 274 Å². The first-order valence-corrected chi connectivity index (χ1v) is 42.1. The molecule has 12 heteroatoms. The van der Waals surface area contributed by atoms with Gasteiger partial charge in [-0.3, -0.25) is 0 Å². The predicted molar refractivity (Wildman–Crippen MR) is 515 cm³/mol. The summed E-state index contributed by atoms with van der Waals surface area (Å²) in [4.78, 5) is 0. The molecule has 0 radical (unpaired) electrons. The largest absolute Gasteiger partial charge is 0.358 e. The predicted octanol–water partition coefficient (Wildman–Crippen LogP) is 26.2. The van der Waals surface area contributed by atoms with Crippen molar-refractivity contribution >= 4 is 0 Å². The first-order chi connectivity index (χ1) is 57.0. The highest BCUT2D eigenvalue weighted by molar-refractivity contribution is 5.71. The summed E-state index contributed by atoms with van der Waals surface area (Å²) < 4.78 is 16.6. The van der Waals surface area contributed by atoms with Crippen LogP contribution in [0, 0.1) is 134 Å². The molecular weight excluding hydrogens is 1500 g/mol. The van der Waals surface area contributed by atoms with Crippen LogP contribution in [0.2, 0.25) is 0 Å². The van der Waals surface area contributed by atoms with E-state index in [0.29, 0.717) is 23.7 Å². The van der Waals surface area contributed by atoms with E-state index in [1.807, 2.05) is 68.6 Å². The molecule has 0 spiro atoms. The third-order valence-corrected chi connectivity index (χ3v) is 22.3. The van der Waals surface area contributed by atoms with Crippen LogP contribution in [0.25, 0.3) is 90.5 Å². The van der Waals surface area contributed by atoms with E-state index in [9.17, 15) is 0 Å². The Hall–Kier alpha value is -12.8. The van der Waals surface area contributed by atoms with Crippen LogP contribution in [0.3, 0.4) is 0 Å². The van der Waals surface area contributed by atoms with E-state index in [1.165, 1.54) is 128 Å². The van der Waals surface area contributed by atoms with Gasteiger partial charge in [-0.2, -0.15) is 0 Å². The summed E-state index contributed by atoms with van der Waals surface area (Å²) in [6.45, 7) is 50.7. The van der Waals surface area contributed by atoms with Gasteiger partial charge in [0.15, 0.2) is 70.3 Å². The van der Waals surface area contributed by atoms with Gasteiger partial charge in [0.2, 0.25) is 22.8 Å². The number of hydrogen-bond acceptors (Lipinski definition) is 4. The van der Waals surface area contributed by atoms with Crippen molar-refractivity contribution in [1.82, 2.24) is 39.6 Å². The Morgan fingerprint density at radius 1 is 0.228 bits per heavy atom. The van der Waals surface area contributed by atoms with Gasteiger partial charge in [-0.15, -0.1) is 18.7 Å². The third kappa shape index (κ3) is 20.5. The van der Waals surface area contributed by atoms with E-state index in [1.54, 1.807) is 0 Å². The van der Waals surface area contributed by atoms with Crippen molar-refractivity contribution in [2.45, 2.75) is 183 Å². The second-order valence-corrected chi connectivity index (χ2v) is 33.8. The number of para-hydroxylation sites is 4. The minimum Gasteiger partial charge on any atom is -0.358 e. The van der Waals surface area contributed by atoms with Crippen LogP contribution in [-0.2, 0) is 0 Å². The minimum absolute atomic E-state index is 0. The van der Waals surface area contributed by atoms with E-state index in [-0.39, 0.29) is 29.7 Å². The molecule has 0 aliphatic carbocycles. The van der Waals surface area contributed by atoms with Crippen molar-refractivity contribution in [1.29, 1.82) is 0 Å². The fraction of sp³-hybridized carbons (Fsp3) is 0.243. The lowest BCUT2D eigenvalue weighted by molar-refractivity contribution is -0.661. The first-order valence-electron chi connectivity index (χ1n) is 42.1. The molecule has 0 N–H and O–H groups in total. The van der Waals surface area contributed by atoms with Gasteiger partial charge in [-0.05, 0) is 207 Å². The first kappa shape index (κ1) is 94.1. The van der Waals surface area contributed by atoms with E-state index < -0.39 is 0 Å². The average Bonchev–Trinajstić information content (AvgIpc) is 1.62. The average molecular weight is 1630 g/mol. The maximum atomic E-state index is 5.33. The van der Waals surface area contributed by atoms with E-state index in [4.69, 9.17) is 20.9 Å². The van der Waals surface area contributed by atoms with Crippen molar-refractivity contribution in [3.63, 3.8) is 0 Å². The zero-order valence-electron chi connectivity index (χ0n) is 78.2. The molecule has 4 aromatic heterocycles. The molecule has 0 amide bonds. The summed E-state index contributed by atoms with van der Waals surface area (Å²) in [5, 5.41) is 20.3. The lowest BCUT2D eigenvalue weighted by atomic mass is 9.92. The van der Waals surface area contributed by atoms with Gasteiger partial charge in [0.25, 0.3) is 0 Å². The summed E-state index contributed by atoms with van der Waals surface area (Å²) in [5.74, 6) is 1.57. The zero-order chi connectivity index (χ0) is 84.8. The molecule has 0 saturated carbocycles. The molecule has 0 atom stereocenters. The van der Waals surface area contributed by atoms with Gasteiger partial charge in [-0.25, -0.2) is 0 Å². The summed E-state index contributed by atoms with van der Waals surface area (Å²) in [5.41, 5.74) is 42.3. The Morgan fingerprint density at radius 3 is 0.821 bits per heavy atom. The number of rotatable bonds is 16. The lowest BCUT2D eigenvalue weighted by Gasteiger charge is -2.16. The highest BCUT2D eigenvalue weighted by Crippen LogP contribution is 2.38. The normalized spacial score (nSPS) is 10.9. The van der Waals surface area contributed by atoms with E-state index >= 15 is 0 Å². The second kappa shape index (κ2) is 40.7. The molecular formula is C111H130N12. The molecule has 0 aliphatic heterocycles. The van der Waals surface area contributed by atoms with Gasteiger partial charge in [0, 0.05) is 44.5 Å². The molecule has 123 heavy (non-hydrogen) atoms. The molecule has 0 fully saturated rings. The Kier molecular flexibility index (Phi) is 31.1. The van der Waals surface area contributed by atoms with Crippen molar-refractivity contribution < 1.29 is 18.7 Å². The molecule has 16 aromatic rings. The fourth-order valence-corrected chi connectivity index (χ4v) is 17.4. The molecule has 12 aromatic carbocycles. The maximum Gasteiger partial charge on any atom is 0.205 e. The Morgan fingerprint density at radius 2 is 0.480 bits per heavy atom. The molecule has 0 saturated heterocycles. The Balaban J connectivity index is 0.000000186. The fourth-order valence-electron chi connectivity index (χ4n) is 17.4. The molecule has 12 nitrogen and oxygen atoms in total. The van der Waals surface area contributed by atoms with Gasteiger partial charge >= 0.3 is 0 Å². The second-order valence-electron chi connectivity index (χ2n) is 33.8. The lowest BCUT2D eigenvalue weighted by Crippen LogP contribution is -2.36. The summed E-state index contributed by atoms with van der Waals surface area (Å²) in [6.07, 6.45) is 8.65. The number of aryl methyl sites for hydroxylation is 15. The van der Waals surface area contributed by atoms with Crippen LogP contribution < -0.4 is 18.7 Å². The van der Waals surface area contributed by atoms with Crippen molar-refractivity contribution in [2.24, 2.45) is 0 Å². The van der Waals surface area contributed by atoms with Crippen LogP contribution in [0.1, 0.15) is 185 Å². The van der Waals surface area contributed by atoms with Crippen LogP contribution in [0.5, 0.6) is 0 Å². The molecule has 0 unspecified atom stereocenters. The maximum absolute atomic E-state index is 5.33. The summed E-state index contributed by atoms with van der Waals surface area (Å²) in [7, 11) is 0. The van der Waals surface area contributed by atoms with Crippen molar-refractivity contribution in [3.8, 4) is 90.5 Å². The minimum atomic E-state index is 0. The number of hydrogen-bond donors (Lipinski definition) is 0. The highest BCUT2D eigenvalue weighted by atomic mass is 15.5. The molecule has 0 bridgehead atoms. The number of aromatic nitrogens is 12. The summed E-state index contributed by atoms with van der Waals surface area (Å²) >= 11 is 0. The molecule has 0 aliphatic rings. The van der Waals surface area contributed by atoms with Crippen LogP contribution in [-0.4, -0.2) is 39.6 Å². The van der Waals surface area contributed by atoms with Crippen LogP contribution >= 0.6 is 0 Å². The van der Waals surface area contributed by atoms with Crippen molar-refractivity contribution in [3.05, 3.63) is 409 Å². The Bertz CT molecular complexity index is 5970. The number of benzene rings is 12. The van der Waals surface area contributed by atoms with E-state index in [0.717, 1.165) is 68.0 Å².